The number of nitrogens with zero attached hydrogens (tertiary/aromatic N) is 1. The summed E-state index contributed by atoms with van der Waals surface area (Å²) in [5.41, 5.74) is 0. The molecule has 1 aromatic heterocycles. The number of amides is 2. The van der Waals surface area contributed by atoms with Crippen LogP contribution in [0, 0.1) is 0 Å². The van der Waals surface area contributed by atoms with Crippen LogP contribution in [-0.4, -0.2) is 59.5 Å². The first-order valence-corrected chi connectivity index (χ1v) is 8.94. The van der Waals surface area contributed by atoms with E-state index in [1.165, 1.54) is 11.3 Å². The molecule has 0 spiro atoms. The van der Waals surface area contributed by atoms with Crippen LogP contribution in [0.5, 0.6) is 0 Å². The van der Waals surface area contributed by atoms with Crippen LogP contribution in [0.2, 0.25) is 0 Å². The number of rotatable bonds is 9. The third-order valence-electron chi connectivity index (χ3n) is 4.12. The Hall–Kier alpha value is -1.93. The Morgan fingerprint density at radius 3 is 2.71 bits per heavy atom. The van der Waals surface area contributed by atoms with Gasteiger partial charge in [-0.25, -0.2) is 0 Å². The van der Waals surface area contributed by atoms with E-state index in [4.69, 9.17) is 5.11 Å². The van der Waals surface area contributed by atoms with Gasteiger partial charge in [-0.2, -0.15) is 0 Å². The standard InChI is InChI=1S/C16H23N3O4S/c1-2-19(10-15(21)22)12-8-11(9-12)18-14(20)5-6-17-16(23)13-4-3-7-24-13/h3-4,7,11-12H,2,5-6,8-10H2,1H3,(H,17,23)(H,18,20)(H,21,22). The van der Waals surface area contributed by atoms with Gasteiger partial charge in [0.05, 0.1) is 11.4 Å². The minimum Gasteiger partial charge on any atom is -0.480 e. The van der Waals surface area contributed by atoms with Gasteiger partial charge in [0.2, 0.25) is 5.91 Å². The van der Waals surface area contributed by atoms with E-state index in [0.717, 1.165) is 12.8 Å². The lowest BCUT2D eigenvalue weighted by molar-refractivity contribution is -0.139. The quantitative estimate of drug-likeness (QED) is 0.613. The van der Waals surface area contributed by atoms with Crippen molar-refractivity contribution >= 4 is 29.1 Å². The third-order valence-corrected chi connectivity index (χ3v) is 4.99. The summed E-state index contributed by atoms with van der Waals surface area (Å²) < 4.78 is 0. The molecule has 0 radical (unpaired) electrons. The van der Waals surface area contributed by atoms with E-state index in [9.17, 15) is 14.4 Å². The highest BCUT2D eigenvalue weighted by Gasteiger charge is 2.34. The van der Waals surface area contributed by atoms with Crippen LogP contribution in [0.25, 0.3) is 0 Å². The second-order valence-corrected chi connectivity index (χ2v) is 6.78. The Morgan fingerprint density at radius 2 is 2.12 bits per heavy atom. The van der Waals surface area contributed by atoms with E-state index in [0.29, 0.717) is 18.0 Å². The molecule has 7 nitrogen and oxygen atoms in total. The van der Waals surface area contributed by atoms with E-state index in [1.54, 1.807) is 6.07 Å². The molecular formula is C16H23N3O4S. The fourth-order valence-corrected chi connectivity index (χ4v) is 3.40. The number of carbonyl (C=O) groups excluding carboxylic acids is 2. The van der Waals surface area contributed by atoms with Crippen LogP contribution in [0.1, 0.15) is 35.9 Å². The topological polar surface area (TPSA) is 98.7 Å². The summed E-state index contributed by atoms with van der Waals surface area (Å²) in [7, 11) is 0. The predicted molar refractivity (Wildman–Crippen MR) is 91.1 cm³/mol. The summed E-state index contributed by atoms with van der Waals surface area (Å²) in [6.07, 6.45) is 1.79. The monoisotopic (exact) mass is 353 g/mol. The summed E-state index contributed by atoms with van der Waals surface area (Å²) in [6, 6.07) is 3.86. The Kier molecular flexibility index (Phi) is 6.74. The first kappa shape index (κ1) is 18.4. The van der Waals surface area contributed by atoms with Crippen molar-refractivity contribution in [2.45, 2.75) is 38.3 Å². The molecule has 1 aliphatic rings. The largest absolute Gasteiger partial charge is 0.480 e. The molecule has 1 aliphatic carbocycles. The molecule has 0 aromatic carbocycles. The van der Waals surface area contributed by atoms with Crippen molar-refractivity contribution in [2.75, 3.05) is 19.6 Å². The smallest absolute Gasteiger partial charge is 0.317 e. The van der Waals surface area contributed by atoms with Gasteiger partial charge in [0, 0.05) is 25.0 Å². The van der Waals surface area contributed by atoms with Gasteiger partial charge in [0.25, 0.3) is 5.91 Å². The average Bonchev–Trinajstić information content (AvgIpc) is 3.02. The molecule has 0 unspecified atom stereocenters. The molecule has 0 bridgehead atoms. The molecule has 0 saturated heterocycles. The van der Waals surface area contributed by atoms with Crippen LogP contribution in [0.3, 0.4) is 0 Å². The summed E-state index contributed by atoms with van der Waals surface area (Å²) in [5.74, 6) is -1.08. The summed E-state index contributed by atoms with van der Waals surface area (Å²) in [5, 5.41) is 16.3. The minimum absolute atomic E-state index is 0.0383. The maximum absolute atomic E-state index is 11.9. The van der Waals surface area contributed by atoms with E-state index < -0.39 is 5.97 Å². The summed E-state index contributed by atoms with van der Waals surface area (Å²) >= 11 is 1.36. The highest BCUT2D eigenvalue weighted by Crippen LogP contribution is 2.25. The van der Waals surface area contributed by atoms with Crippen LogP contribution < -0.4 is 10.6 Å². The Labute approximate surface area is 145 Å². The number of aliphatic carboxylic acids is 1. The average molecular weight is 353 g/mol. The molecule has 1 saturated carbocycles. The summed E-state index contributed by atoms with van der Waals surface area (Å²) in [6.45, 7) is 2.97. The second kappa shape index (κ2) is 8.79. The van der Waals surface area contributed by atoms with Crippen molar-refractivity contribution in [3.8, 4) is 0 Å². The summed E-state index contributed by atoms with van der Waals surface area (Å²) in [4.78, 5) is 36.9. The number of carbonyl (C=O) groups is 3. The molecule has 132 valence electrons. The molecule has 0 atom stereocenters. The predicted octanol–water partition coefficient (Wildman–Crippen LogP) is 0.922. The van der Waals surface area contributed by atoms with Crippen molar-refractivity contribution in [2.24, 2.45) is 0 Å². The molecule has 1 aromatic rings. The van der Waals surface area contributed by atoms with Crippen molar-refractivity contribution in [1.29, 1.82) is 0 Å². The fourth-order valence-electron chi connectivity index (χ4n) is 2.76. The van der Waals surface area contributed by atoms with E-state index >= 15 is 0 Å². The number of likely N-dealkylation sites (N-methyl/N-ethyl adjacent to an activating group) is 1. The van der Waals surface area contributed by atoms with Gasteiger partial charge >= 0.3 is 5.97 Å². The zero-order valence-electron chi connectivity index (χ0n) is 13.7. The molecule has 2 amide bonds. The Morgan fingerprint density at radius 1 is 1.38 bits per heavy atom. The fraction of sp³-hybridized carbons (Fsp3) is 0.562. The molecule has 2 rings (SSSR count). The normalized spacial score (nSPS) is 19.6. The van der Waals surface area contributed by atoms with Crippen molar-refractivity contribution in [3.05, 3.63) is 22.4 Å². The van der Waals surface area contributed by atoms with Crippen LogP contribution >= 0.6 is 11.3 Å². The lowest BCUT2D eigenvalue weighted by Crippen LogP contribution is -2.55. The molecule has 24 heavy (non-hydrogen) atoms. The zero-order chi connectivity index (χ0) is 17.5. The van der Waals surface area contributed by atoms with Crippen LogP contribution in [0.4, 0.5) is 0 Å². The van der Waals surface area contributed by atoms with Gasteiger partial charge in [0.1, 0.15) is 0 Å². The zero-order valence-corrected chi connectivity index (χ0v) is 14.5. The van der Waals surface area contributed by atoms with Crippen LogP contribution in [-0.2, 0) is 9.59 Å². The number of hydrogen-bond acceptors (Lipinski definition) is 5. The third kappa shape index (κ3) is 5.31. The number of thiophene rings is 1. The molecule has 3 N–H and O–H groups in total. The van der Waals surface area contributed by atoms with Crippen molar-refractivity contribution in [1.82, 2.24) is 15.5 Å². The molecule has 1 heterocycles. The lowest BCUT2D eigenvalue weighted by Gasteiger charge is -2.42. The maximum atomic E-state index is 11.9. The SMILES string of the molecule is CCN(CC(=O)O)C1CC(NC(=O)CCNC(=O)c2cccs2)C1. The van der Waals surface area contributed by atoms with E-state index in [2.05, 4.69) is 10.6 Å². The number of hydrogen-bond donors (Lipinski definition) is 3. The molecular weight excluding hydrogens is 330 g/mol. The number of nitrogens with one attached hydrogen (secondary N) is 2. The van der Waals surface area contributed by atoms with Gasteiger partial charge < -0.3 is 15.7 Å². The first-order chi connectivity index (χ1) is 11.5. The van der Waals surface area contributed by atoms with E-state index in [-0.39, 0.29) is 36.9 Å². The lowest BCUT2D eigenvalue weighted by atomic mass is 9.85. The molecule has 1 fully saturated rings. The first-order valence-electron chi connectivity index (χ1n) is 8.06. The minimum atomic E-state index is -0.828. The molecule has 0 aliphatic heterocycles. The highest BCUT2D eigenvalue weighted by molar-refractivity contribution is 7.12. The Balaban J connectivity index is 1.60. The maximum Gasteiger partial charge on any atom is 0.317 e. The van der Waals surface area contributed by atoms with Crippen molar-refractivity contribution < 1.29 is 19.5 Å². The number of carboxylic acid groups (broad SMARTS) is 1. The van der Waals surface area contributed by atoms with Gasteiger partial charge in [-0.1, -0.05) is 13.0 Å². The van der Waals surface area contributed by atoms with Crippen molar-refractivity contribution in [3.63, 3.8) is 0 Å². The van der Waals surface area contributed by atoms with Gasteiger partial charge in [0.15, 0.2) is 0 Å². The Bertz CT molecular complexity index is 570. The molecule has 8 heteroatoms. The van der Waals surface area contributed by atoms with Crippen LogP contribution in [0.15, 0.2) is 17.5 Å². The van der Waals surface area contributed by atoms with Gasteiger partial charge in [-0.05, 0) is 30.8 Å². The van der Waals surface area contributed by atoms with E-state index in [1.807, 2.05) is 23.3 Å². The number of carboxylic acids is 1. The highest BCUT2D eigenvalue weighted by atomic mass is 32.1. The second-order valence-electron chi connectivity index (χ2n) is 5.83. The van der Waals surface area contributed by atoms with Gasteiger partial charge in [-0.3, -0.25) is 19.3 Å². The van der Waals surface area contributed by atoms with Gasteiger partial charge in [-0.15, -0.1) is 11.3 Å².